The van der Waals surface area contributed by atoms with Gasteiger partial charge in [-0.1, -0.05) is 18.2 Å². The lowest BCUT2D eigenvalue weighted by Crippen LogP contribution is -2.19. The Kier molecular flexibility index (Phi) is 2.17. The smallest absolute Gasteiger partial charge is 0.265 e. The summed E-state index contributed by atoms with van der Waals surface area (Å²) >= 11 is 0. The molecule has 6 nitrogen and oxygen atoms in total. The molecule has 1 N–H and O–H groups in total. The molecule has 0 aliphatic carbocycles. The summed E-state index contributed by atoms with van der Waals surface area (Å²) in [5.74, 6) is 0.331. The lowest BCUT2D eigenvalue weighted by Gasteiger charge is -2.05. The Bertz CT molecular complexity index is 985. The molecule has 0 atom stereocenters. The molecular weight excluding hydrogens is 254 g/mol. The van der Waals surface area contributed by atoms with Crippen LogP contribution in [0.3, 0.4) is 0 Å². The van der Waals surface area contributed by atoms with E-state index in [1.807, 2.05) is 24.3 Å². The maximum Gasteiger partial charge on any atom is 0.265 e. The van der Waals surface area contributed by atoms with Crippen LogP contribution in [0.25, 0.3) is 27.8 Å². The van der Waals surface area contributed by atoms with E-state index in [0.717, 1.165) is 10.8 Å². The molecule has 4 rings (SSSR count). The van der Waals surface area contributed by atoms with Crippen LogP contribution in [0, 0.1) is 0 Å². The summed E-state index contributed by atoms with van der Waals surface area (Å²) in [6.45, 7) is 0. The largest absolute Gasteiger partial charge is 0.268 e. The predicted octanol–water partition coefficient (Wildman–Crippen LogP) is 1.66. The molecule has 0 aliphatic rings. The molecule has 0 fully saturated rings. The lowest BCUT2D eigenvalue weighted by atomic mass is 10.2. The van der Waals surface area contributed by atoms with Gasteiger partial charge in [-0.15, -0.1) is 0 Å². The molecule has 0 bridgehead atoms. The van der Waals surface area contributed by atoms with Crippen molar-refractivity contribution in [3.8, 4) is 5.95 Å². The van der Waals surface area contributed by atoms with Crippen molar-refractivity contribution in [1.82, 2.24) is 24.7 Å². The standard InChI is InChI=1S/C14H9N5O/c20-13-11-4-2-1-3-9(11)5-6-19(13)14-15-7-10-8-16-18-12(10)17-14/h1-8H,(H,15,16,17,18). The number of H-pyrrole nitrogens is 1. The van der Waals surface area contributed by atoms with Crippen molar-refractivity contribution in [2.75, 3.05) is 0 Å². The molecule has 4 aromatic rings. The summed E-state index contributed by atoms with van der Waals surface area (Å²) < 4.78 is 1.43. The molecule has 0 amide bonds. The van der Waals surface area contributed by atoms with Crippen LogP contribution in [0.4, 0.5) is 0 Å². The van der Waals surface area contributed by atoms with Crippen molar-refractivity contribution in [3.63, 3.8) is 0 Å². The normalized spacial score (nSPS) is 11.2. The van der Waals surface area contributed by atoms with Gasteiger partial charge in [0.2, 0.25) is 5.95 Å². The topological polar surface area (TPSA) is 76.5 Å². The molecule has 0 radical (unpaired) electrons. The fourth-order valence-electron chi connectivity index (χ4n) is 2.19. The van der Waals surface area contributed by atoms with Gasteiger partial charge in [-0.25, -0.2) is 4.98 Å². The van der Waals surface area contributed by atoms with Gasteiger partial charge >= 0.3 is 0 Å². The van der Waals surface area contributed by atoms with E-state index in [0.29, 0.717) is 17.0 Å². The van der Waals surface area contributed by atoms with Crippen LogP contribution in [0.2, 0.25) is 0 Å². The highest BCUT2D eigenvalue weighted by Gasteiger charge is 2.07. The number of hydrogen-bond acceptors (Lipinski definition) is 4. The molecule has 0 saturated carbocycles. The minimum absolute atomic E-state index is 0.137. The summed E-state index contributed by atoms with van der Waals surface area (Å²) in [4.78, 5) is 21.0. The number of nitrogens with zero attached hydrogens (tertiary/aromatic N) is 4. The van der Waals surface area contributed by atoms with E-state index in [9.17, 15) is 4.79 Å². The Balaban J connectivity index is 2.01. The molecule has 0 spiro atoms. The fraction of sp³-hybridized carbons (Fsp3) is 0. The molecule has 1 aromatic carbocycles. The quantitative estimate of drug-likeness (QED) is 0.566. The molecule has 0 unspecified atom stereocenters. The zero-order valence-electron chi connectivity index (χ0n) is 10.3. The second kappa shape index (κ2) is 3.99. The van der Waals surface area contributed by atoms with E-state index in [-0.39, 0.29) is 5.56 Å². The number of rotatable bonds is 1. The van der Waals surface area contributed by atoms with Gasteiger partial charge in [-0.05, 0) is 17.5 Å². The van der Waals surface area contributed by atoms with Gasteiger partial charge in [-0.2, -0.15) is 10.1 Å². The van der Waals surface area contributed by atoms with Crippen molar-refractivity contribution in [2.24, 2.45) is 0 Å². The first-order valence-electron chi connectivity index (χ1n) is 6.10. The average molecular weight is 263 g/mol. The molecule has 0 saturated heterocycles. The van der Waals surface area contributed by atoms with Gasteiger partial charge in [0.15, 0.2) is 5.65 Å². The van der Waals surface area contributed by atoms with Crippen LogP contribution in [0.5, 0.6) is 0 Å². The molecule has 6 heteroatoms. The van der Waals surface area contributed by atoms with Crippen molar-refractivity contribution >= 4 is 21.8 Å². The number of aromatic amines is 1. The summed E-state index contributed by atoms with van der Waals surface area (Å²) in [6.07, 6.45) is 4.97. The highest BCUT2D eigenvalue weighted by Crippen LogP contribution is 2.11. The third-order valence-electron chi connectivity index (χ3n) is 3.21. The van der Waals surface area contributed by atoms with Crippen molar-refractivity contribution < 1.29 is 0 Å². The van der Waals surface area contributed by atoms with E-state index in [1.165, 1.54) is 4.57 Å². The van der Waals surface area contributed by atoms with Gasteiger partial charge in [0.1, 0.15) is 0 Å². The van der Waals surface area contributed by atoms with Gasteiger partial charge in [0.25, 0.3) is 5.56 Å². The predicted molar refractivity (Wildman–Crippen MR) is 74.8 cm³/mol. The molecule has 96 valence electrons. The average Bonchev–Trinajstić information content (AvgIpc) is 2.95. The van der Waals surface area contributed by atoms with Crippen LogP contribution in [0.15, 0.2) is 53.7 Å². The molecule has 3 heterocycles. The number of aromatic nitrogens is 5. The van der Waals surface area contributed by atoms with Crippen LogP contribution in [-0.2, 0) is 0 Å². The molecule has 0 aliphatic heterocycles. The number of hydrogen-bond donors (Lipinski definition) is 1. The van der Waals surface area contributed by atoms with Gasteiger partial charge < -0.3 is 0 Å². The first-order valence-corrected chi connectivity index (χ1v) is 6.10. The van der Waals surface area contributed by atoms with Crippen molar-refractivity contribution in [3.05, 3.63) is 59.3 Å². The summed E-state index contributed by atoms with van der Waals surface area (Å²) in [5, 5.41) is 9.01. The van der Waals surface area contributed by atoms with Gasteiger partial charge in [-0.3, -0.25) is 14.5 Å². The monoisotopic (exact) mass is 263 g/mol. The SMILES string of the molecule is O=c1c2ccccc2ccn1-c1ncc2cn[nH]c2n1. The Morgan fingerprint density at radius 2 is 1.95 bits per heavy atom. The van der Waals surface area contributed by atoms with E-state index in [4.69, 9.17) is 0 Å². The fourth-order valence-corrected chi connectivity index (χ4v) is 2.19. The van der Waals surface area contributed by atoms with E-state index in [2.05, 4.69) is 20.2 Å². The van der Waals surface area contributed by atoms with Crippen molar-refractivity contribution in [1.29, 1.82) is 0 Å². The molecule has 20 heavy (non-hydrogen) atoms. The van der Waals surface area contributed by atoms with Gasteiger partial charge in [0, 0.05) is 17.8 Å². The maximum atomic E-state index is 12.5. The van der Waals surface area contributed by atoms with Crippen LogP contribution >= 0.6 is 0 Å². The van der Waals surface area contributed by atoms with Crippen LogP contribution < -0.4 is 5.56 Å². The zero-order chi connectivity index (χ0) is 13.5. The minimum atomic E-state index is -0.137. The maximum absolute atomic E-state index is 12.5. The number of fused-ring (bicyclic) bond motifs is 2. The number of pyridine rings is 1. The first kappa shape index (κ1) is 10.9. The lowest BCUT2D eigenvalue weighted by molar-refractivity contribution is 0.904. The van der Waals surface area contributed by atoms with Crippen LogP contribution in [-0.4, -0.2) is 24.7 Å². The summed E-state index contributed by atoms with van der Waals surface area (Å²) in [5.41, 5.74) is 0.469. The third-order valence-corrected chi connectivity index (χ3v) is 3.21. The van der Waals surface area contributed by atoms with E-state index >= 15 is 0 Å². The Morgan fingerprint density at radius 3 is 2.90 bits per heavy atom. The van der Waals surface area contributed by atoms with E-state index in [1.54, 1.807) is 24.7 Å². The minimum Gasteiger partial charge on any atom is -0.268 e. The Hall–Kier alpha value is -3.02. The van der Waals surface area contributed by atoms with Crippen LogP contribution in [0.1, 0.15) is 0 Å². The van der Waals surface area contributed by atoms with Gasteiger partial charge in [0.05, 0.1) is 11.6 Å². The third kappa shape index (κ3) is 1.51. The highest BCUT2D eigenvalue weighted by atomic mass is 16.1. The first-order chi connectivity index (χ1) is 9.83. The van der Waals surface area contributed by atoms with E-state index < -0.39 is 0 Å². The molecular formula is C14H9N5O. The number of nitrogens with one attached hydrogen (secondary N) is 1. The molecule has 3 aromatic heterocycles. The summed E-state index contributed by atoms with van der Waals surface area (Å²) in [7, 11) is 0. The second-order valence-electron chi connectivity index (χ2n) is 4.42. The highest BCUT2D eigenvalue weighted by molar-refractivity contribution is 5.81. The second-order valence-corrected chi connectivity index (χ2v) is 4.42. The summed E-state index contributed by atoms with van der Waals surface area (Å²) in [6, 6.07) is 9.31. The van der Waals surface area contributed by atoms with Crippen molar-refractivity contribution in [2.45, 2.75) is 0 Å². The number of benzene rings is 1. The zero-order valence-corrected chi connectivity index (χ0v) is 10.3. The Labute approximate surface area is 112 Å². The Morgan fingerprint density at radius 1 is 1.05 bits per heavy atom.